The molecule has 16 valence electrons. The van der Waals surface area contributed by atoms with Crippen molar-refractivity contribution in [2.24, 2.45) is 0 Å². The van der Waals surface area contributed by atoms with Crippen molar-refractivity contribution in [2.75, 3.05) is 0 Å². The first-order chi connectivity index (χ1) is 2.00. The van der Waals surface area contributed by atoms with Gasteiger partial charge in [0.25, 0.3) is 0 Å². The molecule has 0 radical (unpaired) electrons. The summed E-state index contributed by atoms with van der Waals surface area (Å²) in [5.74, 6) is 0. The zero-order valence-corrected chi connectivity index (χ0v) is 13.4. The first-order valence-electron chi connectivity index (χ1n) is 0.632. The molecule has 5 heavy (non-hydrogen) atoms. The summed E-state index contributed by atoms with van der Waals surface area (Å²) in [5, 5.41) is 0. The Balaban J connectivity index is -0.0000000133. The van der Waals surface area contributed by atoms with Crippen LogP contribution in [0.5, 0.6) is 0 Å². The minimum Gasteiger partial charge on any atom is 2.00 e. The number of hydrogen-bond donors (Lipinski definition) is 0. The predicted octanol–water partition coefficient (Wildman–Crippen LogP) is -0.565. The van der Waals surface area contributed by atoms with Gasteiger partial charge in [0, 0.05) is 0 Å². The molecular formula is N2Sr3. The van der Waals surface area contributed by atoms with E-state index in [1.54, 1.807) is 0 Å². The van der Waals surface area contributed by atoms with Crippen LogP contribution in [0.3, 0.4) is 0 Å². The maximum atomic E-state index is 7.17. The minimum atomic E-state index is 0. The van der Waals surface area contributed by atoms with Crippen molar-refractivity contribution >= 4 is 132 Å². The first-order valence-corrected chi connectivity index (χ1v) is 3.74. The molecule has 0 aromatic carbocycles. The number of nitrogens with zero attached hydrogens (tertiary/aromatic N) is 2. The van der Waals surface area contributed by atoms with E-state index in [1.807, 2.05) is 0 Å². The van der Waals surface area contributed by atoms with Gasteiger partial charge < -0.3 is 0 Å². The van der Waals surface area contributed by atoms with Crippen molar-refractivity contribution < 1.29 is 0 Å². The van der Waals surface area contributed by atoms with Crippen molar-refractivity contribution in [1.29, 1.82) is 0 Å². The zero-order valence-electron chi connectivity index (χ0n) is 3.02. The molecule has 0 unspecified atom stereocenters. The molecule has 0 saturated carbocycles. The SMILES string of the molecule is [N-]=[Sr].[N-]=[Sr].[Sr+2]. The van der Waals surface area contributed by atoms with E-state index in [-0.39, 0.29) is 132 Å². The second kappa shape index (κ2) is 24.4. The van der Waals surface area contributed by atoms with Crippen molar-refractivity contribution in [1.82, 2.24) is 0 Å². The largest absolute Gasteiger partial charge is 2.00 e. The van der Waals surface area contributed by atoms with Crippen LogP contribution in [-0.4, -0.2) is 132 Å². The summed E-state index contributed by atoms with van der Waals surface area (Å²) in [5.41, 5.74) is 0. The monoisotopic (exact) mass is 292 g/mol. The average Bonchev–Trinajstić information content (AvgIpc) is 1.50. The molecule has 0 heterocycles. The van der Waals surface area contributed by atoms with Crippen molar-refractivity contribution in [3.63, 3.8) is 0 Å². The third kappa shape index (κ3) is 18.0. The van der Waals surface area contributed by atoms with Crippen LogP contribution in [0.15, 0.2) is 0 Å². The van der Waals surface area contributed by atoms with Gasteiger partial charge in [-0.3, -0.25) is 0 Å². The molecule has 0 amide bonds. The average molecular weight is 291 g/mol. The van der Waals surface area contributed by atoms with Gasteiger partial charge in [-0.05, 0) is 0 Å². The summed E-state index contributed by atoms with van der Waals surface area (Å²) < 4.78 is 14.3. The molecule has 0 aromatic rings. The van der Waals surface area contributed by atoms with Crippen LogP contribution in [0.1, 0.15) is 0 Å². The smallest absolute Gasteiger partial charge is 2.00 e. The van der Waals surface area contributed by atoms with Crippen molar-refractivity contribution in [3.05, 3.63) is 1.59 Å². The van der Waals surface area contributed by atoms with Gasteiger partial charge in [-0.1, -0.05) is 0 Å². The van der Waals surface area contributed by atoms with Crippen molar-refractivity contribution in [2.45, 2.75) is 0 Å². The molecule has 0 atom stereocenters. The van der Waals surface area contributed by atoms with E-state index in [4.69, 9.17) is 1.59 Å². The van der Waals surface area contributed by atoms with Crippen LogP contribution >= 0.6 is 0 Å². The quantitative estimate of drug-likeness (QED) is 0.537. The Morgan fingerprint density at radius 2 is 0.800 bits per heavy atom. The van der Waals surface area contributed by atoms with Gasteiger partial charge in [-0.15, -0.1) is 0 Å². The van der Waals surface area contributed by atoms with Crippen molar-refractivity contribution in [3.8, 4) is 0 Å². The topological polar surface area (TPSA) is 44.6 Å². The molecule has 5 heteroatoms. The zero-order chi connectivity index (χ0) is 4.00. The van der Waals surface area contributed by atoms with Gasteiger partial charge in [0.1, 0.15) is 0 Å². The van der Waals surface area contributed by atoms with E-state index in [0.29, 0.717) is 0 Å². The summed E-state index contributed by atoms with van der Waals surface area (Å²) in [4.78, 5) is 0. The van der Waals surface area contributed by atoms with E-state index in [2.05, 4.69) is 0 Å². The molecule has 0 bridgehead atoms. The third-order valence-electron chi connectivity index (χ3n) is 0. The summed E-state index contributed by atoms with van der Waals surface area (Å²) >= 11 is 0.300. The van der Waals surface area contributed by atoms with Gasteiger partial charge in [-0.25, -0.2) is 0 Å². The fourth-order valence-corrected chi connectivity index (χ4v) is 0. The second-order valence-electron chi connectivity index (χ2n) is 0. The van der Waals surface area contributed by atoms with Gasteiger partial charge in [0.2, 0.25) is 0 Å². The fraction of sp³-hybridized carbons (Fsp3) is 0. The summed E-state index contributed by atoms with van der Waals surface area (Å²) in [7, 11) is 0. The van der Waals surface area contributed by atoms with E-state index in [9.17, 15) is 0 Å². The number of rotatable bonds is 0. The molecule has 0 saturated heterocycles. The molecule has 2 nitrogen and oxygen atoms in total. The summed E-state index contributed by atoms with van der Waals surface area (Å²) in [6.07, 6.45) is 0. The van der Waals surface area contributed by atoms with E-state index < -0.39 is 0 Å². The normalized spacial score (nSPS) is 2.40. The molecular weight excluding hydrogens is 291 g/mol. The molecule has 0 rings (SSSR count). The third-order valence-corrected chi connectivity index (χ3v) is 0. The van der Waals surface area contributed by atoms with Gasteiger partial charge in [-0.2, -0.15) is 0 Å². The van der Waals surface area contributed by atoms with Gasteiger partial charge >= 0.3 is 133 Å². The van der Waals surface area contributed by atoms with Crippen LogP contribution in [0.4, 0.5) is 0 Å². The Kier molecular flexibility index (Phi) is 78.2. The maximum absolute atomic E-state index is 7.17. The molecule has 0 aliphatic heterocycles. The predicted molar refractivity (Wildman–Crippen MR) is 24.0 cm³/mol. The Morgan fingerprint density at radius 1 is 0.800 bits per heavy atom. The van der Waals surface area contributed by atoms with Crippen LogP contribution in [0.2, 0.25) is 0 Å². The Bertz CT molecular complexity index is 6.85. The van der Waals surface area contributed by atoms with Crippen LogP contribution in [0, 0.1) is 0 Å². The number of hydrogen-bond acceptors (Lipinski definition) is 0. The Labute approximate surface area is 128 Å². The van der Waals surface area contributed by atoms with E-state index in [0.717, 1.165) is 0 Å². The van der Waals surface area contributed by atoms with Crippen LogP contribution < -0.4 is 0 Å². The van der Waals surface area contributed by atoms with Gasteiger partial charge in [0.15, 0.2) is 0 Å². The molecule has 0 fully saturated rings. The Hall–Kier alpha value is 4.04. The molecule has 0 spiro atoms. The molecule has 0 aliphatic carbocycles. The molecule has 0 aliphatic rings. The Morgan fingerprint density at radius 3 is 0.800 bits per heavy atom. The second-order valence-corrected chi connectivity index (χ2v) is 0. The minimum absolute atomic E-state index is 0. The molecule has 0 aromatic heterocycles. The standard InChI is InChI=1S/2N.3Sr/q2*-1;;;+2. The summed E-state index contributed by atoms with van der Waals surface area (Å²) in [6.45, 7) is 0. The van der Waals surface area contributed by atoms with E-state index in [1.165, 1.54) is 0 Å². The molecule has 0 N–H and O–H groups in total. The fourth-order valence-electron chi connectivity index (χ4n) is 0. The summed E-state index contributed by atoms with van der Waals surface area (Å²) in [6, 6.07) is 0. The van der Waals surface area contributed by atoms with Crippen LogP contribution in [-0.2, 0) is 0 Å². The van der Waals surface area contributed by atoms with E-state index >= 15 is 0 Å². The maximum Gasteiger partial charge on any atom is 2.00 e. The van der Waals surface area contributed by atoms with Gasteiger partial charge in [0.05, 0.1) is 0 Å². The first kappa shape index (κ1) is 16.0. The van der Waals surface area contributed by atoms with Crippen LogP contribution in [0.25, 0.3) is 1.59 Å².